The average Bonchev–Trinajstić information content (AvgIpc) is 3.02. The summed E-state index contributed by atoms with van der Waals surface area (Å²) in [7, 11) is 0. The second kappa shape index (κ2) is 6.98. The van der Waals surface area contributed by atoms with Crippen LogP contribution in [0.25, 0.3) is 0 Å². The Kier molecular flexibility index (Phi) is 4.96. The van der Waals surface area contributed by atoms with Crippen molar-refractivity contribution in [2.24, 2.45) is 0 Å². The lowest BCUT2D eigenvalue weighted by molar-refractivity contribution is -0.189. The van der Waals surface area contributed by atoms with E-state index in [1.165, 1.54) is 10.0 Å². The van der Waals surface area contributed by atoms with Crippen molar-refractivity contribution in [1.29, 1.82) is 0 Å². The highest BCUT2D eigenvalue weighted by Crippen LogP contribution is 2.42. The lowest BCUT2D eigenvalue weighted by Gasteiger charge is -2.47. The van der Waals surface area contributed by atoms with E-state index in [1.807, 2.05) is 6.08 Å². The molecule has 0 N–H and O–H groups in total. The Morgan fingerprint density at radius 2 is 1.88 bits per heavy atom. The molecule has 134 valence electrons. The minimum absolute atomic E-state index is 0.232. The van der Waals surface area contributed by atoms with Crippen molar-refractivity contribution in [1.82, 2.24) is 10.0 Å². The van der Waals surface area contributed by atoms with Crippen LogP contribution in [0.1, 0.15) is 33.1 Å². The lowest BCUT2D eigenvalue weighted by atomic mass is 9.84. The van der Waals surface area contributed by atoms with Gasteiger partial charge in [-0.15, -0.1) is 0 Å². The maximum atomic E-state index is 12.5. The summed E-state index contributed by atoms with van der Waals surface area (Å²) in [4.78, 5) is 24.8. The molecule has 1 spiro atoms. The first-order valence-electron chi connectivity index (χ1n) is 8.47. The zero-order valence-corrected chi connectivity index (χ0v) is 14.2. The summed E-state index contributed by atoms with van der Waals surface area (Å²) in [5, 5.41) is 2.66. The second-order valence-corrected chi connectivity index (χ2v) is 5.93. The van der Waals surface area contributed by atoms with Crippen molar-refractivity contribution in [3.05, 3.63) is 11.6 Å². The van der Waals surface area contributed by atoms with Gasteiger partial charge < -0.3 is 18.9 Å². The van der Waals surface area contributed by atoms with Crippen molar-refractivity contribution in [3.8, 4) is 0 Å². The van der Waals surface area contributed by atoms with Gasteiger partial charge in [-0.05, 0) is 25.8 Å². The van der Waals surface area contributed by atoms with E-state index in [4.69, 9.17) is 18.9 Å². The van der Waals surface area contributed by atoms with Gasteiger partial charge in [-0.2, -0.15) is 0 Å². The number of nitrogens with zero attached hydrogens (tertiary/aromatic N) is 2. The van der Waals surface area contributed by atoms with E-state index in [9.17, 15) is 9.59 Å². The average molecular weight is 340 g/mol. The first kappa shape index (κ1) is 17.0. The second-order valence-electron chi connectivity index (χ2n) is 5.93. The Balaban J connectivity index is 1.87. The topological polar surface area (TPSA) is 77.5 Å². The molecule has 0 aromatic carbocycles. The smallest absolute Gasteiger partial charge is 0.429 e. The Morgan fingerprint density at radius 3 is 2.54 bits per heavy atom. The van der Waals surface area contributed by atoms with Crippen LogP contribution in [-0.2, 0) is 18.9 Å². The molecule has 0 aromatic heterocycles. The van der Waals surface area contributed by atoms with Gasteiger partial charge in [0.25, 0.3) is 0 Å². The summed E-state index contributed by atoms with van der Waals surface area (Å²) in [6.07, 6.45) is 2.86. The summed E-state index contributed by atoms with van der Waals surface area (Å²) in [6.45, 7) is 5.32. The van der Waals surface area contributed by atoms with E-state index in [2.05, 4.69) is 0 Å². The van der Waals surface area contributed by atoms with Crippen LogP contribution in [0.4, 0.5) is 9.59 Å². The van der Waals surface area contributed by atoms with Crippen LogP contribution < -0.4 is 0 Å². The minimum atomic E-state index is -0.676. The number of hydrogen-bond donors (Lipinski definition) is 0. The fourth-order valence-electron chi connectivity index (χ4n) is 3.51. The molecular formula is C16H24N2O6. The fraction of sp³-hybridized carbons (Fsp3) is 0.750. The first-order chi connectivity index (χ1) is 11.6. The highest BCUT2D eigenvalue weighted by molar-refractivity contribution is 5.75. The van der Waals surface area contributed by atoms with E-state index in [0.29, 0.717) is 19.6 Å². The van der Waals surface area contributed by atoms with E-state index in [0.717, 1.165) is 18.4 Å². The van der Waals surface area contributed by atoms with Gasteiger partial charge in [-0.25, -0.2) is 19.6 Å². The summed E-state index contributed by atoms with van der Waals surface area (Å²) in [5.41, 5.74) is 1.10. The molecule has 3 aliphatic rings. The van der Waals surface area contributed by atoms with Crippen LogP contribution in [-0.4, -0.2) is 67.0 Å². The fourth-order valence-corrected chi connectivity index (χ4v) is 3.51. The van der Waals surface area contributed by atoms with Gasteiger partial charge in [-0.3, -0.25) is 0 Å². The summed E-state index contributed by atoms with van der Waals surface area (Å²) < 4.78 is 21.8. The molecule has 2 amide bonds. The minimum Gasteiger partial charge on any atom is -0.448 e. The molecule has 8 heteroatoms. The normalized spacial score (nSPS) is 25.2. The zero-order valence-electron chi connectivity index (χ0n) is 14.2. The van der Waals surface area contributed by atoms with Crippen molar-refractivity contribution < 1.29 is 28.5 Å². The Hall–Kier alpha value is -1.80. The van der Waals surface area contributed by atoms with Gasteiger partial charge in [0.1, 0.15) is 0 Å². The molecule has 0 bridgehead atoms. The molecule has 2 heterocycles. The molecule has 2 aliphatic heterocycles. The quantitative estimate of drug-likeness (QED) is 0.716. The third kappa shape index (κ3) is 3.08. The predicted molar refractivity (Wildman–Crippen MR) is 82.9 cm³/mol. The molecule has 0 radical (unpaired) electrons. The molecule has 1 saturated carbocycles. The van der Waals surface area contributed by atoms with Crippen LogP contribution in [0.2, 0.25) is 0 Å². The first-order valence-corrected chi connectivity index (χ1v) is 8.47. The number of hydrazine groups is 1. The van der Waals surface area contributed by atoms with Gasteiger partial charge in [-0.1, -0.05) is 6.08 Å². The number of fused-ring (bicyclic) bond motifs is 1. The Labute approximate surface area is 141 Å². The van der Waals surface area contributed by atoms with E-state index < -0.39 is 18.0 Å². The molecule has 2 fully saturated rings. The number of ether oxygens (including phenoxy) is 4. The molecule has 0 aromatic rings. The molecule has 0 unspecified atom stereocenters. The largest absolute Gasteiger partial charge is 0.448 e. The molecule has 1 atom stereocenters. The van der Waals surface area contributed by atoms with E-state index >= 15 is 0 Å². The van der Waals surface area contributed by atoms with Crippen molar-refractivity contribution >= 4 is 12.2 Å². The van der Waals surface area contributed by atoms with Crippen molar-refractivity contribution in [2.75, 3.05) is 33.0 Å². The number of carbonyl (C=O) groups is 2. The van der Waals surface area contributed by atoms with Gasteiger partial charge in [0, 0.05) is 12.8 Å². The number of carbonyl (C=O) groups excluding carboxylic acids is 2. The highest BCUT2D eigenvalue weighted by Gasteiger charge is 2.49. The van der Waals surface area contributed by atoms with Gasteiger partial charge in [0.15, 0.2) is 5.79 Å². The highest BCUT2D eigenvalue weighted by atomic mass is 16.7. The van der Waals surface area contributed by atoms with Crippen LogP contribution in [0, 0.1) is 0 Å². The maximum absolute atomic E-state index is 12.5. The van der Waals surface area contributed by atoms with Crippen LogP contribution in [0.3, 0.4) is 0 Å². The number of amides is 2. The SMILES string of the molecule is CCOC(=O)N1CC=C2CCC3(C[C@H]2N1C(=O)OCC)OCCO3. The van der Waals surface area contributed by atoms with Crippen LogP contribution in [0.5, 0.6) is 0 Å². The Morgan fingerprint density at radius 1 is 1.21 bits per heavy atom. The summed E-state index contributed by atoms with van der Waals surface area (Å²) in [6, 6.07) is -0.325. The molecule has 24 heavy (non-hydrogen) atoms. The predicted octanol–water partition coefficient (Wildman–Crippen LogP) is 2.05. The molecule has 1 saturated heterocycles. The number of hydrogen-bond acceptors (Lipinski definition) is 6. The third-order valence-electron chi connectivity index (χ3n) is 4.56. The van der Waals surface area contributed by atoms with Crippen molar-refractivity contribution in [3.63, 3.8) is 0 Å². The molecule has 3 rings (SSSR count). The molecule has 8 nitrogen and oxygen atoms in total. The third-order valence-corrected chi connectivity index (χ3v) is 4.56. The summed E-state index contributed by atoms with van der Waals surface area (Å²) in [5.74, 6) is -0.676. The number of rotatable bonds is 2. The zero-order chi connectivity index (χ0) is 17.2. The standard InChI is InChI=1S/C16H24N2O6/c1-3-21-14(19)17-8-6-12-5-7-16(23-9-10-24-16)11-13(12)18(17)15(20)22-4-2/h6,13H,3-5,7-11H2,1-2H3/t13-/m1/s1. The maximum Gasteiger partial charge on any atom is 0.429 e. The summed E-state index contributed by atoms with van der Waals surface area (Å²) >= 11 is 0. The van der Waals surface area contributed by atoms with Gasteiger partial charge in [0.05, 0.1) is 39.0 Å². The lowest BCUT2D eigenvalue weighted by Crippen LogP contribution is -2.60. The van der Waals surface area contributed by atoms with Gasteiger partial charge >= 0.3 is 12.2 Å². The van der Waals surface area contributed by atoms with E-state index in [-0.39, 0.29) is 25.8 Å². The van der Waals surface area contributed by atoms with Crippen molar-refractivity contribution in [2.45, 2.75) is 44.9 Å². The van der Waals surface area contributed by atoms with Crippen LogP contribution >= 0.6 is 0 Å². The van der Waals surface area contributed by atoms with E-state index in [1.54, 1.807) is 13.8 Å². The Bertz CT molecular complexity index is 529. The van der Waals surface area contributed by atoms with Crippen LogP contribution in [0.15, 0.2) is 11.6 Å². The molecule has 1 aliphatic carbocycles. The molecular weight excluding hydrogens is 316 g/mol. The van der Waals surface area contributed by atoms with Gasteiger partial charge in [0.2, 0.25) is 0 Å². The monoisotopic (exact) mass is 340 g/mol.